The molecule has 0 bridgehead atoms. The third kappa shape index (κ3) is 2.15. The normalized spacial score (nSPS) is 21.1. The first-order chi connectivity index (χ1) is 9.31. The van der Waals surface area contributed by atoms with Gasteiger partial charge in [0.2, 0.25) is 0 Å². The van der Waals surface area contributed by atoms with Gasteiger partial charge in [-0.15, -0.1) is 0 Å². The van der Waals surface area contributed by atoms with Crippen molar-refractivity contribution in [2.24, 2.45) is 4.99 Å². The van der Waals surface area contributed by atoms with Gasteiger partial charge in [0.05, 0.1) is 0 Å². The van der Waals surface area contributed by atoms with E-state index < -0.39 is 5.66 Å². The summed E-state index contributed by atoms with van der Waals surface area (Å²) in [5.74, 6) is 0. The predicted molar refractivity (Wildman–Crippen MR) is 79.4 cm³/mol. The first-order valence-corrected chi connectivity index (χ1v) is 6.49. The highest BCUT2D eigenvalue weighted by Gasteiger charge is 2.33. The Bertz CT molecular complexity index is 634. The highest BCUT2D eigenvalue weighted by Crippen LogP contribution is 2.33. The molecule has 1 atom stereocenters. The predicted octanol–water partition coefficient (Wildman–Crippen LogP) is 3.73. The minimum absolute atomic E-state index is 0.596. The first-order valence-electron chi connectivity index (χ1n) is 6.11. The van der Waals surface area contributed by atoms with E-state index in [-0.39, 0.29) is 0 Å². The Morgan fingerprint density at radius 3 is 2.42 bits per heavy atom. The maximum Gasteiger partial charge on any atom is 0.181 e. The highest BCUT2D eigenvalue weighted by atomic mass is 35.5. The fourth-order valence-electron chi connectivity index (χ4n) is 2.28. The summed E-state index contributed by atoms with van der Waals surface area (Å²) in [5.41, 5.74) is 1.51. The summed E-state index contributed by atoms with van der Waals surface area (Å²) in [5, 5.41) is 4.06. The number of nitrogens with zero attached hydrogens (tertiary/aromatic N) is 1. The molecule has 0 saturated heterocycles. The Morgan fingerprint density at radius 2 is 1.74 bits per heavy atom. The van der Waals surface area contributed by atoms with Crippen molar-refractivity contribution in [1.82, 2.24) is 5.32 Å². The third-order valence-corrected chi connectivity index (χ3v) is 3.41. The lowest BCUT2D eigenvalue weighted by Gasteiger charge is -2.33. The Morgan fingerprint density at radius 1 is 0.947 bits per heavy atom. The molecule has 0 fully saturated rings. The van der Waals surface area contributed by atoms with Gasteiger partial charge in [0, 0.05) is 28.6 Å². The van der Waals surface area contributed by atoms with Crippen LogP contribution in [-0.2, 0) is 5.66 Å². The minimum Gasteiger partial charge on any atom is -0.360 e. The Balaban J connectivity index is 2.18. The molecule has 0 spiro atoms. The lowest BCUT2D eigenvalue weighted by atomic mass is 9.91. The second kappa shape index (κ2) is 4.90. The molecule has 1 heterocycles. The van der Waals surface area contributed by atoms with Crippen molar-refractivity contribution in [3.63, 3.8) is 0 Å². The lowest BCUT2D eigenvalue weighted by Crippen LogP contribution is -2.40. The molecule has 0 radical (unpaired) electrons. The molecule has 0 aromatic heterocycles. The zero-order chi connectivity index (χ0) is 13.1. The van der Waals surface area contributed by atoms with Gasteiger partial charge in [-0.2, -0.15) is 0 Å². The van der Waals surface area contributed by atoms with Crippen molar-refractivity contribution in [3.8, 4) is 0 Å². The Labute approximate surface area is 117 Å². The molecule has 3 rings (SSSR count). The zero-order valence-electron chi connectivity index (χ0n) is 10.3. The van der Waals surface area contributed by atoms with Crippen molar-refractivity contribution >= 4 is 17.8 Å². The zero-order valence-corrected chi connectivity index (χ0v) is 11.0. The Hall–Kier alpha value is -2.06. The highest BCUT2D eigenvalue weighted by molar-refractivity contribution is 6.30. The smallest absolute Gasteiger partial charge is 0.181 e. The standard InChI is InChI=1S/C16H13ClN2/c17-15-9-4-8-14(12-15)16(18-10-5-11-19-16)13-6-2-1-3-7-13/h1-12,18H. The topological polar surface area (TPSA) is 24.4 Å². The van der Waals surface area contributed by atoms with E-state index in [2.05, 4.69) is 22.4 Å². The molecule has 94 valence electrons. The molecule has 1 unspecified atom stereocenters. The molecule has 2 aromatic carbocycles. The van der Waals surface area contributed by atoms with Gasteiger partial charge in [0.1, 0.15) is 0 Å². The van der Waals surface area contributed by atoms with Crippen LogP contribution in [0.4, 0.5) is 0 Å². The van der Waals surface area contributed by atoms with Crippen molar-refractivity contribution < 1.29 is 0 Å². The average Bonchev–Trinajstić information content (AvgIpc) is 2.49. The number of hydrogen-bond donors (Lipinski definition) is 1. The molecule has 0 saturated carbocycles. The quantitative estimate of drug-likeness (QED) is 0.882. The summed E-state index contributed by atoms with van der Waals surface area (Å²) in [4.78, 5) is 4.66. The average molecular weight is 269 g/mol. The van der Waals surface area contributed by atoms with Gasteiger partial charge in [0.15, 0.2) is 5.66 Å². The number of halogens is 1. The maximum atomic E-state index is 6.12. The second-order valence-electron chi connectivity index (χ2n) is 4.37. The number of hydrogen-bond acceptors (Lipinski definition) is 2. The summed E-state index contributed by atoms with van der Waals surface area (Å²) in [6.45, 7) is 0. The first kappa shape index (κ1) is 12.0. The van der Waals surface area contributed by atoms with Crippen LogP contribution in [0.5, 0.6) is 0 Å². The van der Waals surface area contributed by atoms with E-state index in [0.29, 0.717) is 5.02 Å². The summed E-state index contributed by atoms with van der Waals surface area (Å²) >= 11 is 6.12. The van der Waals surface area contributed by atoms with Crippen LogP contribution in [0.15, 0.2) is 71.9 Å². The van der Waals surface area contributed by atoms with Gasteiger partial charge < -0.3 is 5.32 Å². The molecule has 1 N–H and O–H groups in total. The number of rotatable bonds is 2. The number of allylic oxidation sites excluding steroid dienone is 1. The minimum atomic E-state index is -0.596. The maximum absolute atomic E-state index is 6.12. The molecular weight excluding hydrogens is 256 g/mol. The fraction of sp³-hybridized carbons (Fsp3) is 0.0625. The molecular formula is C16H13ClN2. The molecule has 0 aliphatic carbocycles. The number of nitrogens with one attached hydrogen (secondary N) is 1. The van der Waals surface area contributed by atoms with Crippen LogP contribution < -0.4 is 5.32 Å². The van der Waals surface area contributed by atoms with E-state index in [1.807, 2.05) is 61.0 Å². The summed E-state index contributed by atoms with van der Waals surface area (Å²) in [7, 11) is 0. The molecule has 1 aliphatic heterocycles. The van der Waals surface area contributed by atoms with Crippen LogP contribution in [0.25, 0.3) is 0 Å². The van der Waals surface area contributed by atoms with Gasteiger partial charge >= 0.3 is 0 Å². The van der Waals surface area contributed by atoms with Gasteiger partial charge in [-0.05, 0) is 18.2 Å². The third-order valence-electron chi connectivity index (χ3n) is 3.18. The van der Waals surface area contributed by atoms with E-state index in [4.69, 9.17) is 11.6 Å². The van der Waals surface area contributed by atoms with E-state index >= 15 is 0 Å². The lowest BCUT2D eigenvalue weighted by molar-refractivity contribution is 0.480. The van der Waals surface area contributed by atoms with E-state index in [1.165, 1.54) is 0 Å². The van der Waals surface area contributed by atoms with Crippen molar-refractivity contribution in [2.45, 2.75) is 5.66 Å². The van der Waals surface area contributed by atoms with Crippen LogP contribution in [0, 0.1) is 0 Å². The van der Waals surface area contributed by atoms with Gasteiger partial charge in [-0.3, -0.25) is 4.99 Å². The monoisotopic (exact) mass is 268 g/mol. The molecule has 2 aromatic rings. The molecule has 2 nitrogen and oxygen atoms in total. The largest absolute Gasteiger partial charge is 0.360 e. The molecule has 19 heavy (non-hydrogen) atoms. The SMILES string of the molecule is Clc1cccc(C2(c3ccccc3)N=CC=CN2)c1. The van der Waals surface area contributed by atoms with Gasteiger partial charge in [0.25, 0.3) is 0 Å². The Kier molecular flexibility index (Phi) is 3.10. The van der Waals surface area contributed by atoms with E-state index in [0.717, 1.165) is 11.1 Å². The summed E-state index contributed by atoms with van der Waals surface area (Å²) in [6.07, 6.45) is 5.59. The van der Waals surface area contributed by atoms with Crippen LogP contribution in [0.1, 0.15) is 11.1 Å². The van der Waals surface area contributed by atoms with Crippen LogP contribution in [-0.4, -0.2) is 6.21 Å². The van der Waals surface area contributed by atoms with E-state index in [9.17, 15) is 0 Å². The fourth-order valence-corrected chi connectivity index (χ4v) is 2.47. The summed E-state index contributed by atoms with van der Waals surface area (Å²) in [6, 6.07) is 17.9. The van der Waals surface area contributed by atoms with Crippen LogP contribution in [0.2, 0.25) is 5.02 Å². The number of benzene rings is 2. The second-order valence-corrected chi connectivity index (χ2v) is 4.80. The summed E-state index contributed by atoms with van der Waals surface area (Å²) < 4.78 is 0. The van der Waals surface area contributed by atoms with Crippen molar-refractivity contribution in [3.05, 3.63) is 83.0 Å². The molecule has 3 heteroatoms. The van der Waals surface area contributed by atoms with E-state index in [1.54, 1.807) is 0 Å². The van der Waals surface area contributed by atoms with Crippen molar-refractivity contribution in [1.29, 1.82) is 0 Å². The van der Waals surface area contributed by atoms with Crippen LogP contribution >= 0.6 is 11.6 Å². The van der Waals surface area contributed by atoms with Crippen LogP contribution in [0.3, 0.4) is 0 Å². The molecule has 1 aliphatic rings. The van der Waals surface area contributed by atoms with Gasteiger partial charge in [-0.1, -0.05) is 54.1 Å². The molecule has 0 amide bonds. The van der Waals surface area contributed by atoms with Gasteiger partial charge in [-0.25, -0.2) is 0 Å². The van der Waals surface area contributed by atoms with Crippen molar-refractivity contribution in [2.75, 3.05) is 0 Å². The number of aliphatic imine (C=N–C) groups is 1.